The Morgan fingerprint density at radius 3 is 2.77 bits per heavy atom. The van der Waals surface area contributed by atoms with Crippen molar-refractivity contribution in [3.8, 4) is 0 Å². The Balaban J connectivity index is 1.53. The van der Waals surface area contributed by atoms with Gasteiger partial charge in [-0.2, -0.15) is 4.31 Å². The van der Waals surface area contributed by atoms with Crippen LogP contribution in [0.1, 0.15) is 51.4 Å². The molecule has 4 aliphatic rings. The van der Waals surface area contributed by atoms with Crippen molar-refractivity contribution in [2.45, 2.75) is 63.7 Å². The standard InChI is InChI=1S/C23H30ClNO4S/c24-19-11-8-16(9-12-19)17-4-3-5-20(14-17)30(28,29)25-15-18(10-13-23(26)27)21-6-1-2-7-22(21)25/h1-2,5-6,8,11,17-18,22-23,26-27H,3-4,7,9-10,12-15H2. The quantitative estimate of drug-likeness (QED) is 0.595. The van der Waals surface area contributed by atoms with Crippen LogP contribution in [-0.4, -0.2) is 41.8 Å². The second-order valence-corrected chi connectivity index (χ2v) is 11.1. The lowest BCUT2D eigenvalue weighted by molar-refractivity contribution is -0.0479. The molecule has 1 aliphatic heterocycles. The number of rotatable bonds is 6. The fourth-order valence-corrected chi connectivity index (χ4v) is 7.29. The van der Waals surface area contributed by atoms with Gasteiger partial charge in [-0.15, -0.1) is 0 Å². The third kappa shape index (κ3) is 4.53. The lowest BCUT2D eigenvalue weighted by atomic mass is 9.83. The minimum absolute atomic E-state index is 0.0323. The van der Waals surface area contributed by atoms with Crippen molar-refractivity contribution < 1.29 is 18.6 Å². The van der Waals surface area contributed by atoms with Crippen LogP contribution in [0.3, 0.4) is 0 Å². The van der Waals surface area contributed by atoms with Gasteiger partial charge in [0.25, 0.3) is 0 Å². The van der Waals surface area contributed by atoms with E-state index >= 15 is 0 Å². The highest BCUT2D eigenvalue weighted by Gasteiger charge is 2.44. The number of aliphatic hydroxyl groups excluding tert-OH is 1. The largest absolute Gasteiger partial charge is 0.368 e. The summed E-state index contributed by atoms with van der Waals surface area (Å²) in [6.45, 7) is 0.413. The van der Waals surface area contributed by atoms with Crippen molar-refractivity contribution in [3.63, 3.8) is 0 Å². The van der Waals surface area contributed by atoms with Crippen molar-refractivity contribution in [2.24, 2.45) is 11.8 Å². The Hall–Kier alpha value is -1.18. The number of allylic oxidation sites excluding steroid dienone is 8. The third-order valence-electron chi connectivity index (χ3n) is 6.79. The van der Waals surface area contributed by atoms with Gasteiger partial charge in [0.05, 0.1) is 10.9 Å². The van der Waals surface area contributed by atoms with Crippen LogP contribution in [0.15, 0.2) is 57.5 Å². The summed E-state index contributed by atoms with van der Waals surface area (Å²) in [5.41, 5.74) is 2.40. The van der Waals surface area contributed by atoms with E-state index in [1.807, 2.05) is 30.4 Å². The second kappa shape index (κ2) is 9.13. The van der Waals surface area contributed by atoms with Gasteiger partial charge in [-0.25, -0.2) is 8.42 Å². The van der Waals surface area contributed by atoms with Crippen LogP contribution in [-0.2, 0) is 10.0 Å². The molecule has 0 amide bonds. The van der Waals surface area contributed by atoms with E-state index in [2.05, 4.69) is 6.08 Å². The SMILES string of the molecule is O=S(=O)(C1=CCCC(C2=CC=C(Cl)CC2)C1)N1CC(CCC(O)O)C2=CC=CCC21. The molecular weight excluding hydrogens is 422 g/mol. The maximum absolute atomic E-state index is 13.7. The van der Waals surface area contributed by atoms with Crippen LogP contribution in [0.2, 0.25) is 0 Å². The molecule has 0 aromatic heterocycles. The molecule has 7 heteroatoms. The van der Waals surface area contributed by atoms with Crippen molar-refractivity contribution in [3.05, 3.63) is 57.5 Å². The molecule has 3 atom stereocenters. The maximum atomic E-state index is 13.7. The van der Waals surface area contributed by atoms with Crippen LogP contribution >= 0.6 is 11.6 Å². The van der Waals surface area contributed by atoms with E-state index in [0.29, 0.717) is 30.7 Å². The van der Waals surface area contributed by atoms with E-state index in [1.165, 1.54) is 5.57 Å². The number of hydrogen-bond acceptors (Lipinski definition) is 4. The zero-order valence-electron chi connectivity index (χ0n) is 17.1. The van der Waals surface area contributed by atoms with E-state index in [9.17, 15) is 18.6 Å². The highest BCUT2D eigenvalue weighted by Crippen LogP contribution is 2.43. The molecule has 5 nitrogen and oxygen atoms in total. The molecule has 0 bridgehead atoms. The topological polar surface area (TPSA) is 77.8 Å². The van der Waals surface area contributed by atoms with Crippen molar-refractivity contribution >= 4 is 21.6 Å². The van der Waals surface area contributed by atoms with Crippen LogP contribution in [0.25, 0.3) is 0 Å². The molecule has 1 saturated heterocycles. The molecule has 0 spiro atoms. The first-order chi connectivity index (χ1) is 14.4. The molecule has 164 valence electrons. The zero-order valence-corrected chi connectivity index (χ0v) is 18.7. The Morgan fingerprint density at radius 1 is 1.20 bits per heavy atom. The van der Waals surface area contributed by atoms with Gasteiger partial charge in [-0.1, -0.05) is 47.6 Å². The van der Waals surface area contributed by atoms with E-state index in [0.717, 1.165) is 36.3 Å². The van der Waals surface area contributed by atoms with Gasteiger partial charge in [0.15, 0.2) is 6.29 Å². The highest BCUT2D eigenvalue weighted by molar-refractivity contribution is 7.93. The number of aliphatic hydroxyl groups is 2. The first kappa shape index (κ1) is 22.0. The van der Waals surface area contributed by atoms with Crippen LogP contribution in [0, 0.1) is 11.8 Å². The highest BCUT2D eigenvalue weighted by atomic mass is 35.5. The summed E-state index contributed by atoms with van der Waals surface area (Å²) in [6.07, 6.45) is 16.1. The van der Waals surface area contributed by atoms with Crippen LogP contribution < -0.4 is 0 Å². The number of sulfonamides is 1. The molecule has 3 unspecified atom stereocenters. The molecule has 0 aromatic rings. The number of halogens is 1. The summed E-state index contributed by atoms with van der Waals surface area (Å²) in [6, 6.07) is -0.155. The fourth-order valence-electron chi connectivity index (χ4n) is 5.17. The van der Waals surface area contributed by atoms with Crippen molar-refractivity contribution in [1.82, 2.24) is 4.31 Å². The summed E-state index contributed by atoms with van der Waals surface area (Å²) in [4.78, 5) is 0.539. The molecule has 0 saturated carbocycles. The smallest absolute Gasteiger partial charge is 0.239 e. The molecule has 0 aromatic carbocycles. The fraction of sp³-hybridized carbons (Fsp3) is 0.565. The van der Waals surface area contributed by atoms with Crippen molar-refractivity contribution in [1.29, 1.82) is 0 Å². The minimum Gasteiger partial charge on any atom is -0.368 e. The van der Waals surface area contributed by atoms with Gasteiger partial charge in [0.1, 0.15) is 0 Å². The Bertz CT molecular complexity index is 929. The number of fused-ring (bicyclic) bond motifs is 1. The van der Waals surface area contributed by atoms with E-state index < -0.39 is 16.3 Å². The van der Waals surface area contributed by atoms with E-state index in [4.69, 9.17) is 11.6 Å². The normalized spacial score (nSPS) is 29.9. The first-order valence-corrected chi connectivity index (χ1v) is 12.7. The Labute approximate surface area is 184 Å². The Kier molecular flexibility index (Phi) is 6.70. The van der Waals surface area contributed by atoms with Crippen molar-refractivity contribution in [2.75, 3.05) is 6.54 Å². The van der Waals surface area contributed by atoms with Crippen LogP contribution in [0.4, 0.5) is 0 Å². The average molecular weight is 452 g/mol. The summed E-state index contributed by atoms with van der Waals surface area (Å²) in [5.74, 6) is 0.287. The molecule has 30 heavy (non-hydrogen) atoms. The molecular formula is C23H30ClNO4S. The molecule has 2 N–H and O–H groups in total. The van der Waals surface area contributed by atoms with Gasteiger partial charge in [-0.3, -0.25) is 0 Å². The molecule has 4 rings (SSSR count). The predicted molar refractivity (Wildman–Crippen MR) is 119 cm³/mol. The van der Waals surface area contributed by atoms with E-state index in [1.54, 1.807) is 4.31 Å². The average Bonchev–Trinajstić information content (AvgIpc) is 3.12. The first-order valence-electron chi connectivity index (χ1n) is 10.8. The van der Waals surface area contributed by atoms with Gasteiger partial charge in [0, 0.05) is 11.6 Å². The second-order valence-electron chi connectivity index (χ2n) is 8.68. The number of nitrogens with zero attached hydrogens (tertiary/aromatic N) is 1. The summed E-state index contributed by atoms with van der Waals surface area (Å²) in [7, 11) is -3.56. The van der Waals surface area contributed by atoms with Gasteiger partial charge in [-0.05, 0) is 74.9 Å². The lowest BCUT2D eigenvalue weighted by Crippen LogP contribution is -2.38. The number of hydrogen-bond donors (Lipinski definition) is 2. The molecule has 1 heterocycles. The summed E-state index contributed by atoms with van der Waals surface area (Å²) >= 11 is 6.09. The van der Waals surface area contributed by atoms with Gasteiger partial charge < -0.3 is 10.2 Å². The zero-order chi connectivity index (χ0) is 21.3. The maximum Gasteiger partial charge on any atom is 0.239 e. The lowest BCUT2D eigenvalue weighted by Gasteiger charge is -2.31. The predicted octanol–water partition coefficient (Wildman–Crippen LogP) is 4.12. The molecule has 0 radical (unpaired) electrons. The monoisotopic (exact) mass is 451 g/mol. The van der Waals surface area contributed by atoms with E-state index in [-0.39, 0.29) is 24.3 Å². The molecule has 3 aliphatic carbocycles. The Morgan fingerprint density at radius 2 is 2.03 bits per heavy atom. The van der Waals surface area contributed by atoms with Gasteiger partial charge in [0.2, 0.25) is 10.0 Å². The van der Waals surface area contributed by atoms with Gasteiger partial charge >= 0.3 is 0 Å². The summed E-state index contributed by atoms with van der Waals surface area (Å²) in [5, 5.41) is 19.4. The minimum atomic E-state index is -3.56. The summed E-state index contributed by atoms with van der Waals surface area (Å²) < 4.78 is 29.0. The molecule has 1 fully saturated rings. The van der Waals surface area contributed by atoms with Crippen LogP contribution in [0.5, 0.6) is 0 Å². The third-order valence-corrected chi connectivity index (χ3v) is 9.12.